The van der Waals surface area contributed by atoms with Crippen molar-refractivity contribution < 1.29 is 29.6 Å². The van der Waals surface area contributed by atoms with Gasteiger partial charge in [0.05, 0.1) is 23.4 Å². The van der Waals surface area contributed by atoms with E-state index in [2.05, 4.69) is 19.6 Å². The maximum absolute atomic E-state index is 11.0. The maximum Gasteiger partial charge on any atom is 0.339 e. The minimum Gasteiger partial charge on any atom is -0.507 e. The van der Waals surface area contributed by atoms with Crippen molar-refractivity contribution in [3.63, 3.8) is 0 Å². The molecule has 0 radical (unpaired) electrons. The fourth-order valence-corrected chi connectivity index (χ4v) is 2.66. The van der Waals surface area contributed by atoms with E-state index in [1.807, 2.05) is 24.3 Å². The Morgan fingerprint density at radius 2 is 1.58 bits per heavy atom. The summed E-state index contributed by atoms with van der Waals surface area (Å²) in [4.78, 5) is 11.8. The van der Waals surface area contributed by atoms with Gasteiger partial charge in [-0.25, -0.2) is 10.1 Å². The average molecular weight is 372 g/mol. The molecule has 0 aromatic heterocycles. The zero-order valence-corrected chi connectivity index (χ0v) is 13.9. The first kappa shape index (κ1) is 17.8. The lowest BCUT2D eigenvalue weighted by molar-refractivity contribution is -0.432. The number of nitrogens with zero attached hydrogens (tertiary/aromatic N) is 2. The topological polar surface area (TPSA) is 121 Å². The SMILES string of the molecule is O=C(O)c1cc(N=Nc2ccc3cc(SOOO)ccc3c2)ccc1O. The van der Waals surface area contributed by atoms with E-state index >= 15 is 0 Å². The number of phenols is 1. The number of hydrogen-bond acceptors (Lipinski definition) is 8. The van der Waals surface area contributed by atoms with Crippen molar-refractivity contribution in [2.24, 2.45) is 10.2 Å². The van der Waals surface area contributed by atoms with Crippen molar-refractivity contribution in [3.05, 3.63) is 60.2 Å². The Morgan fingerprint density at radius 1 is 0.923 bits per heavy atom. The van der Waals surface area contributed by atoms with Crippen LogP contribution in [-0.4, -0.2) is 21.4 Å². The third-order valence-corrected chi connectivity index (χ3v) is 4.02. The predicted molar refractivity (Wildman–Crippen MR) is 93.8 cm³/mol. The summed E-state index contributed by atoms with van der Waals surface area (Å²) in [6.07, 6.45) is 0. The van der Waals surface area contributed by atoms with Crippen LogP contribution in [0.3, 0.4) is 0 Å². The number of aromatic carboxylic acids is 1. The number of carboxylic acids is 1. The van der Waals surface area contributed by atoms with Crippen LogP contribution in [0.4, 0.5) is 11.4 Å². The molecule has 0 heterocycles. The molecule has 0 spiro atoms. The average Bonchev–Trinajstić information content (AvgIpc) is 2.65. The van der Waals surface area contributed by atoms with E-state index in [0.717, 1.165) is 27.7 Å². The van der Waals surface area contributed by atoms with Gasteiger partial charge in [-0.2, -0.15) is 10.2 Å². The molecule has 0 saturated heterocycles. The van der Waals surface area contributed by atoms with Gasteiger partial charge in [-0.3, -0.25) is 0 Å². The summed E-state index contributed by atoms with van der Waals surface area (Å²) < 4.78 is 4.39. The number of aromatic hydroxyl groups is 1. The number of carbonyl (C=O) groups is 1. The van der Waals surface area contributed by atoms with E-state index in [1.165, 1.54) is 18.2 Å². The first-order chi connectivity index (χ1) is 12.6. The van der Waals surface area contributed by atoms with E-state index in [1.54, 1.807) is 12.1 Å². The van der Waals surface area contributed by atoms with E-state index in [0.29, 0.717) is 11.4 Å². The third kappa shape index (κ3) is 4.16. The zero-order chi connectivity index (χ0) is 18.5. The molecule has 9 heteroatoms. The summed E-state index contributed by atoms with van der Waals surface area (Å²) in [5.41, 5.74) is 0.657. The maximum atomic E-state index is 11.0. The highest BCUT2D eigenvalue weighted by atomic mass is 32.2. The Morgan fingerprint density at radius 3 is 2.31 bits per heavy atom. The number of hydrogen-bond donors (Lipinski definition) is 3. The highest BCUT2D eigenvalue weighted by molar-refractivity contribution is 7.94. The van der Waals surface area contributed by atoms with Crippen molar-refractivity contribution in [2.75, 3.05) is 0 Å². The van der Waals surface area contributed by atoms with Gasteiger partial charge in [0.15, 0.2) is 0 Å². The largest absolute Gasteiger partial charge is 0.507 e. The van der Waals surface area contributed by atoms with Gasteiger partial charge in [0, 0.05) is 4.90 Å². The van der Waals surface area contributed by atoms with Crippen LogP contribution in [0.1, 0.15) is 10.4 Å². The fraction of sp³-hybridized carbons (Fsp3) is 0. The van der Waals surface area contributed by atoms with Crippen LogP contribution in [0.25, 0.3) is 10.8 Å². The molecule has 0 saturated carbocycles. The summed E-state index contributed by atoms with van der Waals surface area (Å²) in [6, 6.07) is 14.9. The Balaban J connectivity index is 1.83. The quantitative estimate of drug-likeness (QED) is 0.238. The van der Waals surface area contributed by atoms with Crippen LogP contribution in [0.2, 0.25) is 0 Å². The summed E-state index contributed by atoms with van der Waals surface area (Å²) in [5.74, 6) is -1.57. The fourth-order valence-electron chi connectivity index (χ4n) is 2.25. The number of rotatable bonds is 6. The van der Waals surface area contributed by atoms with Gasteiger partial charge in [-0.15, -0.1) is 4.33 Å². The van der Waals surface area contributed by atoms with Gasteiger partial charge in [0.25, 0.3) is 0 Å². The molecule has 0 unspecified atom stereocenters. The van der Waals surface area contributed by atoms with Crippen LogP contribution in [-0.2, 0) is 9.37 Å². The van der Waals surface area contributed by atoms with Gasteiger partial charge in [-0.1, -0.05) is 17.2 Å². The first-order valence-corrected chi connectivity index (χ1v) is 7.97. The van der Waals surface area contributed by atoms with Gasteiger partial charge in [0.1, 0.15) is 11.3 Å². The van der Waals surface area contributed by atoms with E-state index in [-0.39, 0.29) is 11.3 Å². The van der Waals surface area contributed by atoms with E-state index < -0.39 is 5.97 Å². The Bertz CT molecular complexity index is 992. The highest BCUT2D eigenvalue weighted by Crippen LogP contribution is 2.29. The smallest absolute Gasteiger partial charge is 0.339 e. The minimum absolute atomic E-state index is 0.237. The van der Waals surface area contributed by atoms with Crippen molar-refractivity contribution in [2.45, 2.75) is 4.90 Å². The van der Waals surface area contributed by atoms with Crippen LogP contribution in [0, 0.1) is 0 Å². The second-order valence-electron chi connectivity index (χ2n) is 5.13. The predicted octanol–water partition coefficient (Wildman–Crippen LogP) is 5.09. The molecule has 0 fully saturated rings. The highest BCUT2D eigenvalue weighted by Gasteiger charge is 2.09. The lowest BCUT2D eigenvalue weighted by Crippen LogP contribution is -1.95. The Labute approximate surface area is 151 Å². The second-order valence-corrected chi connectivity index (χ2v) is 5.90. The molecule has 0 bridgehead atoms. The van der Waals surface area contributed by atoms with Gasteiger partial charge in [-0.05, 0) is 53.2 Å². The molecule has 0 aliphatic carbocycles. The standard InChI is InChI=1S/C17H12N2O6S/c20-16-6-4-13(9-15(16)17(21)22)19-18-12-3-1-11-8-14(26-25-24-23)5-2-10(11)7-12/h1-9,20,23H,(H,21,22). The molecule has 132 valence electrons. The van der Waals surface area contributed by atoms with Gasteiger partial charge < -0.3 is 10.2 Å². The van der Waals surface area contributed by atoms with Crippen molar-refractivity contribution >= 4 is 40.2 Å². The van der Waals surface area contributed by atoms with Crippen LogP contribution < -0.4 is 0 Å². The molecule has 3 N–H and O–H groups in total. The van der Waals surface area contributed by atoms with E-state index in [4.69, 9.17) is 10.4 Å². The Hall–Kier alpha value is -2.98. The number of azo groups is 1. The van der Waals surface area contributed by atoms with E-state index in [9.17, 15) is 9.90 Å². The molecule has 0 aliphatic heterocycles. The van der Waals surface area contributed by atoms with Gasteiger partial charge in [0.2, 0.25) is 0 Å². The minimum atomic E-state index is -1.24. The second kappa shape index (κ2) is 7.93. The monoisotopic (exact) mass is 372 g/mol. The summed E-state index contributed by atoms with van der Waals surface area (Å²) in [7, 11) is 0. The molecule has 3 rings (SSSR count). The molecule has 26 heavy (non-hydrogen) atoms. The van der Waals surface area contributed by atoms with Crippen molar-refractivity contribution in [1.29, 1.82) is 0 Å². The van der Waals surface area contributed by atoms with Gasteiger partial charge >= 0.3 is 5.97 Å². The summed E-state index contributed by atoms with van der Waals surface area (Å²) in [6.45, 7) is 0. The number of carboxylic acid groups (broad SMARTS) is 1. The van der Waals surface area contributed by atoms with Crippen LogP contribution in [0.15, 0.2) is 69.7 Å². The molecular formula is C17H12N2O6S. The first-order valence-electron chi connectivity index (χ1n) is 7.23. The zero-order valence-electron chi connectivity index (χ0n) is 13.1. The van der Waals surface area contributed by atoms with Crippen molar-refractivity contribution in [3.8, 4) is 5.75 Å². The lowest BCUT2D eigenvalue weighted by Gasteiger charge is -2.03. The number of benzene rings is 3. The molecule has 3 aromatic carbocycles. The van der Waals surface area contributed by atoms with Crippen molar-refractivity contribution in [1.82, 2.24) is 0 Å². The number of fused-ring (bicyclic) bond motifs is 1. The molecule has 0 aliphatic rings. The molecule has 0 amide bonds. The lowest BCUT2D eigenvalue weighted by atomic mass is 10.1. The molecule has 0 atom stereocenters. The van der Waals surface area contributed by atoms with Crippen LogP contribution in [0.5, 0.6) is 5.75 Å². The van der Waals surface area contributed by atoms with Crippen LogP contribution >= 0.6 is 12.0 Å². The Kier molecular flexibility index (Phi) is 5.44. The third-order valence-electron chi connectivity index (χ3n) is 3.45. The summed E-state index contributed by atoms with van der Waals surface area (Å²) in [5, 5.41) is 40.2. The normalized spacial score (nSPS) is 11.3. The molecule has 3 aromatic rings. The molecular weight excluding hydrogens is 360 g/mol. The molecule has 8 nitrogen and oxygen atoms in total. The summed E-state index contributed by atoms with van der Waals surface area (Å²) >= 11 is 0.869.